The second-order valence-corrected chi connectivity index (χ2v) is 7.91. The SMILES string of the molecule is COc1ccc(C(O)=C2C(=O)C(=O)N(CCN(C)C)[C@@H]2c2ccc(O)c(OC)c2)cc1C. The van der Waals surface area contributed by atoms with E-state index >= 15 is 0 Å². The van der Waals surface area contributed by atoms with Crippen molar-refractivity contribution in [3.63, 3.8) is 0 Å². The third kappa shape index (κ3) is 4.27. The largest absolute Gasteiger partial charge is 0.507 e. The molecular weight excluding hydrogens is 412 g/mol. The average Bonchev–Trinajstić information content (AvgIpc) is 3.02. The van der Waals surface area contributed by atoms with Gasteiger partial charge in [-0.25, -0.2) is 0 Å². The van der Waals surface area contributed by atoms with Gasteiger partial charge in [-0.1, -0.05) is 6.07 Å². The Morgan fingerprint density at radius 1 is 1.06 bits per heavy atom. The summed E-state index contributed by atoms with van der Waals surface area (Å²) in [5, 5.41) is 21.2. The average molecular weight is 440 g/mol. The van der Waals surface area contributed by atoms with Crippen LogP contribution >= 0.6 is 0 Å². The zero-order chi connectivity index (χ0) is 23.6. The molecular formula is C24H28N2O6. The first kappa shape index (κ1) is 23.1. The Bertz CT molecular complexity index is 1080. The summed E-state index contributed by atoms with van der Waals surface area (Å²) in [6, 6.07) is 8.85. The Labute approximate surface area is 187 Å². The van der Waals surface area contributed by atoms with Gasteiger partial charge in [-0.05, 0) is 62.5 Å². The third-order valence-electron chi connectivity index (χ3n) is 5.52. The Balaban J connectivity index is 2.19. The number of hydrogen-bond acceptors (Lipinski definition) is 7. The van der Waals surface area contributed by atoms with Gasteiger partial charge in [0.25, 0.3) is 11.7 Å². The van der Waals surface area contributed by atoms with Crippen molar-refractivity contribution in [3.05, 3.63) is 58.7 Å². The second kappa shape index (κ2) is 9.32. The second-order valence-electron chi connectivity index (χ2n) is 7.91. The molecule has 170 valence electrons. The van der Waals surface area contributed by atoms with E-state index in [4.69, 9.17) is 9.47 Å². The molecule has 3 rings (SSSR count). The molecule has 1 aliphatic rings. The number of phenolic OH excluding ortho intramolecular Hbond substituents is 1. The molecule has 2 N–H and O–H groups in total. The van der Waals surface area contributed by atoms with E-state index in [1.807, 2.05) is 25.9 Å². The number of hydrogen-bond donors (Lipinski definition) is 2. The molecule has 2 aromatic carbocycles. The standard InChI is InChI=1S/C24H28N2O6/c1-14-12-16(7-9-18(14)31-4)22(28)20-21(15-6-8-17(27)19(13-15)32-5)26(11-10-25(2)3)24(30)23(20)29/h6-9,12-13,21,27-28H,10-11H2,1-5H3/t21-/m1/s1. The number of ether oxygens (including phenoxy) is 2. The fourth-order valence-corrected chi connectivity index (χ4v) is 3.81. The molecule has 1 heterocycles. The molecule has 2 aromatic rings. The number of Topliss-reactive ketones (excluding diaryl/α,β-unsaturated/α-hetero) is 1. The summed E-state index contributed by atoms with van der Waals surface area (Å²) in [7, 11) is 6.71. The van der Waals surface area contributed by atoms with E-state index in [0.717, 1.165) is 5.56 Å². The van der Waals surface area contributed by atoms with Crippen LogP contribution in [0.5, 0.6) is 17.2 Å². The van der Waals surface area contributed by atoms with Crippen LogP contribution in [0.1, 0.15) is 22.7 Å². The normalized spacial score (nSPS) is 17.8. The molecule has 0 bridgehead atoms. The highest BCUT2D eigenvalue weighted by Gasteiger charge is 2.46. The first-order valence-corrected chi connectivity index (χ1v) is 10.1. The number of benzene rings is 2. The van der Waals surface area contributed by atoms with Gasteiger partial charge in [0, 0.05) is 18.7 Å². The monoisotopic (exact) mass is 440 g/mol. The number of aryl methyl sites for hydroxylation is 1. The number of amides is 1. The lowest BCUT2D eigenvalue weighted by molar-refractivity contribution is -0.140. The van der Waals surface area contributed by atoms with Crippen LogP contribution < -0.4 is 9.47 Å². The van der Waals surface area contributed by atoms with Crippen molar-refractivity contribution in [3.8, 4) is 17.2 Å². The van der Waals surface area contributed by atoms with Crippen molar-refractivity contribution in [1.29, 1.82) is 0 Å². The Kier molecular flexibility index (Phi) is 6.74. The van der Waals surface area contributed by atoms with E-state index in [0.29, 0.717) is 23.4 Å². The van der Waals surface area contributed by atoms with E-state index in [1.165, 1.54) is 18.1 Å². The first-order chi connectivity index (χ1) is 15.2. The minimum absolute atomic E-state index is 0.00827. The van der Waals surface area contributed by atoms with Crippen molar-refractivity contribution >= 4 is 17.4 Å². The number of ketones is 1. The van der Waals surface area contributed by atoms with Crippen LogP contribution in [0, 0.1) is 6.92 Å². The minimum Gasteiger partial charge on any atom is -0.507 e. The molecule has 8 nitrogen and oxygen atoms in total. The number of carbonyl (C=O) groups is 2. The topological polar surface area (TPSA) is 99.5 Å². The van der Waals surface area contributed by atoms with Crippen molar-refractivity contribution in [2.45, 2.75) is 13.0 Å². The summed E-state index contributed by atoms with van der Waals surface area (Å²) >= 11 is 0. The van der Waals surface area contributed by atoms with Gasteiger partial charge in [-0.2, -0.15) is 0 Å². The summed E-state index contributed by atoms with van der Waals surface area (Å²) in [4.78, 5) is 29.4. The van der Waals surface area contributed by atoms with Gasteiger partial charge in [-0.3, -0.25) is 9.59 Å². The van der Waals surface area contributed by atoms with Crippen LogP contribution in [0.4, 0.5) is 0 Å². The summed E-state index contributed by atoms with van der Waals surface area (Å²) in [6.45, 7) is 2.64. The number of aromatic hydroxyl groups is 1. The van der Waals surface area contributed by atoms with E-state index in [-0.39, 0.29) is 29.4 Å². The number of likely N-dealkylation sites (N-methyl/N-ethyl adjacent to an activating group) is 1. The van der Waals surface area contributed by atoms with Crippen molar-refractivity contribution < 1.29 is 29.3 Å². The summed E-state index contributed by atoms with van der Waals surface area (Å²) in [6.07, 6.45) is 0. The molecule has 1 saturated heterocycles. The molecule has 8 heteroatoms. The van der Waals surface area contributed by atoms with Gasteiger partial charge in [-0.15, -0.1) is 0 Å². The van der Waals surface area contributed by atoms with Crippen LogP contribution in [-0.4, -0.2) is 73.1 Å². The number of aliphatic hydroxyl groups is 1. The molecule has 0 unspecified atom stereocenters. The molecule has 1 fully saturated rings. The zero-order valence-corrected chi connectivity index (χ0v) is 18.9. The highest BCUT2D eigenvalue weighted by Crippen LogP contribution is 2.41. The molecule has 0 radical (unpaired) electrons. The highest BCUT2D eigenvalue weighted by atomic mass is 16.5. The van der Waals surface area contributed by atoms with Gasteiger partial charge in [0.1, 0.15) is 11.5 Å². The maximum atomic E-state index is 13.1. The highest BCUT2D eigenvalue weighted by molar-refractivity contribution is 6.46. The Hall–Kier alpha value is -3.52. The molecule has 0 saturated carbocycles. The third-order valence-corrected chi connectivity index (χ3v) is 5.52. The quantitative estimate of drug-likeness (QED) is 0.388. The number of aliphatic hydroxyl groups excluding tert-OH is 1. The van der Waals surface area contributed by atoms with E-state index in [2.05, 4.69) is 0 Å². The lowest BCUT2D eigenvalue weighted by Gasteiger charge is -2.27. The molecule has 1 aliphatic heterocycles. The molecule has 1 atom stereocenters. The van der Waals surface area contributed by atoms with Gasteiger partial charge in [0.15, 0.2) is 11.5 Å². The molecule has 0 spiro atoms. The Morgan fingerprint density at radius 2 is 1.75 bits per heavy atom. The van der Waals surface area contributed by atoms with Crippen molar-refractivity contribution in [2.24, 2.45) is 0 Å². The first-order valence-electron chi connectivity index (χ1n) is 10.1. The van der Waals surface area contributed by atoms with Gasteiger partial charge in [0.2, 0.25) is 0 Å². The number of rotatable bonds is 7. The zero-order valence-electron chi connectivity index (χ0n) is 18.9. The van der Waals surface area contributed by atoms with Crippen LogP contribution in [0.2, 0.25) is 0 Å². The van der Waals surface area contributed by atoms with Crippen LogP contribution in [0.25, 0.3) is 5.76 Å². The van der Waals surface area contributed by atoms with E-state index in [1.54, 1.807) is 37.4 Å². The van der Waals surface area contributed by atoms with Crippen molar-refractivity contribution in [2.75, 3.05) is 41.4 Å². The maximum Gasteiger partial charge on any atom is 0.295 e. The number of nitrogens with zero attached hydrogens (tertiary/aromatic N) is 2. The van der Waals surface area contributed by atoms with E-state index < -0.39 is 17.7 Å². The number of methoxy groups -OCH3 is 2. The summed E-state index contributed by atoms with van der Waals surface area (Å²) < 4.78 is 10.5. The molecule has 1 amide bonds. The van der Waals surface area contributed by atoms with E-state index in [9.17, 15) is 19.8 Å². The lowest BCUT2D eigenvalue weighted by Crippen LogP contribution is -2.35. The summed E-state index contributed by atoms with van der Waals surface area (Å²) in [5.74, 6) is -0.915. The lowest BCUT2D eigenvalue weighted by atomic mass is 9.94. The predicted octanol–water partition coefficient (Wildman–Crippen LogP) is 2.70. The fourth-order valence-electron chi connectivity index (χ4n) is 3.81. The van der Waals surface area contributed by atoms with Gasteiger partial charge in [0.05, 0.1) is 25.8 Å². The number of carbonyl (C=O) groups excluding carboxylic acids is 2. The number of likely N-dealkylation sites (tertiary alicyclic amines) is 1. The molecule has 0 aromatic heterocycles. The molecule has 32 heavy (non-hydrogen) atoms. The molecule has 0 aliphatic carbocycles. The summed E-state index contributed by atoms with van der Waals surface area (Å²) in [5.41, 5.74) is 1.72. The van der Waals surface area contributed by atoms with Gasteiger partial charge < -0.3 is 29.5 Å². The predicted molar refractivity (Wildman–Crippen MR) is 120 cm³/mol. The fraction of sp³-hybridized carbons (Fsp3) is 0.333. The van der Waals surface area contributed by atoms with Gasteiger partial charge >= 0.3 is 0 Å². The number of phenols is 1. The van der Waals surface area contributed by atoms with Crippen LogP contribution in [0.15, 0.2) is 42.0 Å². The minimum atomic E-state index is -0.827. The van der Waals surface area contributed by atoms with Crippen molar-refractivity contribution in [1.82, 2.24) is 9.80 Å². The Morgan fingerprint density at radius 3 is 2.34 bits per heavy atom. The van der Waals surface area contributed by atoms with Crippen LogP contribution in [0.3, 0.4) is 0 Å². The maximum absolute atomic E-state index is 13.1. The smallest absolute Gasteiger partial charge is 0.295 e. The van der Waals surface area contributed by atoms with Crippen LogP contribution in [-0.2, 0) is 9.59 Å².